The molecule has 2 heterocycles. The number of thioether (sulfide) groups is 1. The van der Waals surface area contributed by atoms with Crippen molar-refractivity contribution in [3.05, 3.63) is 12.0 Å². The molecule has 1 saturated heterocycles. The highest BCUT2D eigenvalue weighted by Gasteiger charge is 2.42. The van der Waals surface area contributed by atoms with Crippen LogP contribution in [0.25, 0.3) is 0 Å². The minimum absolute atomic E-state index is 0.0274. The summed E-state index contributed by atoms with van der Waals surface area (Å²) in [5.41, 5.74) is -1.48. The largest absolute Gasteiger partial charge is 0.515 e. The van der Waals surface area contributed by atoms with Crippen molar-refractivity contribution in [3.8, 4) is 0 Å². The number of carbonyl (C=O) groups excluding carboxylic acids is 2. The molecule has 0 N–H and O–H groups in total. The zero-order valence-corrected chi connectivity index (χ0v) is 13.9. The number of hydrogen-bond donors (Lipinski definition) is 0. The van der Waals surface area contributed by atoms with Gasteiger partial charge in [0.2, 0.25) is 15.3 Å². The summed E-state index contributed by atoms with van der Waals surface area (Å²) in [6.45, 7) is 1.84. The van der Waals surface area contributed by atoms with E-state index in [2.05, 4.69) is 4.74 Å². The van der Waals surface area contributed by atoms with Gasteiger partial charge in [-0.05, 0) is 6.92 Å². The number of alkyl halides is 4. The van der Waals surface area contributed by atoms with E-state index >= 15 is 0 Å². The molecule has 1 fully saturated rings. The van der Waals surface area contributed by atoms with Crippen LogP contribution in [0.1, 0.15) is 13.3 Å². The predicted molar refractivity (Wildman–Crippen MR) is 77.9 cm³/mol. The molecule has 0 aromatic heterocycles. The average molecular weight is 381 g/mol. The van der Waals surface area contributed by atoms with Gasteiger partial charge in [-0.25, -0.2) is 4.79 Å². The Kier molecular flexibility index (Phi) is 4.91. The van der Waals surface area contributed by atoms with Gasteiger partial charge < -0.3 is 14.4 Å². The first-order valence-electron chi connectivity index (χ1n) is 5.46. The Labute approximate surface area is 139 Å². The number of carbonyl (C=O) groups is 2. The maximum atomic E-state index is 11.5. The number of rotatable bonds is 2. The zero-order valence-electron chi connectivity index (χ0n) is 10.0. The first kappa shape index (κ1) is 16.4. The number of ether oxygens (including phenoxy) is 2. The van der Waals surface area contributed by atoms with Crippen molar-refractivity contribution in [2.24, 2.45) is 0 Å². The number of β-lactam (4-membered cyclic amide) rings is 1. The summed E-state index contributed by atoms with van der Waals surface area (Å²) in [5, 5.41) is 0.00117. The molecular weight excluding hydrogens is 372 g/mol. The highest BCUT2D eigenvalue weighted by atomic mass is 35.6. The van der Waals surface area contributed by atoms with Gasteiger partial charge in [-0.15, -0.1) is 11.8 Å². The second-order valence-corrected chi connectivity index (χ2v) is 8.39. The lowest BCUT2D eigenvalue weighted by Gasteiger charge is -2.42. The summed E-state index contributed by atoms with van der Waals surface area (Å²) in [5.74, 6) is 0.262. The smallest absolute Gasteiger partial charge is 0.410 e. The van der Waals surface area contributed by atoms with Crippen LogP contribution in [-0.2, 0) is 14.3 Å². The van der Waals surface area contributed by atoms with E-state index in [1.165, 1.54) is 22.9 Å². The molecule has 0 radical (unpaired) electrons. The van der Waals surface area contributed by atoms with Gasteiger partial charge in [0.1, 0.15) is 5.76 Å². The van der Waals surface area contributed by atoms with Gasteiger partial charge in [0, 0.05) is 6.20 Å². The van der Waals surface area contributed by atoms with Crippen LogP contribution in [0.2, 0.25) is 0 Å². The van der Waals surface area contributed by atoms with E-state index in [-0.39, 0.29) is 22.3 Å². The zero-order chi connectivity index (χ0) is 15.1. The number of halogens is 4. The molecule has 2 rings (SSSR count). The molecule has 2 unspecified atom stereocenters. The summed E-state index contributed by atoms with van der Waals surface area (Å²) in [4.78, 5) is 24.4. The monoisotopic (exact) mass is 379 g/mol. The third-order valence-corrected chi connectivity index (χ3v) is 5.33. The van der Waals surface area contributed by atoms with E-state index < -0.39 is 15.5 Å². The van der Waals surface area contributed by atoms with Gasteiger partial charge in [0.15, 0.2) is 0 Å². The van der Waals surface area contributed by atoms with Crippen LogP contribution >= 0.6 is 58.2 Å². The molecule has 20 heavy (non-hydrogen) atoms. The topological polar surface area (TPSA) is 55.8 Å². The Bertz CT molecular complexity index is 467. The summed E-state index contributed by atoms with van der Waals surface area (Å²) in [6, 6.07) is 0. The van der Waals surface area contributed by atoms with Crippen molar-refractivity contribution in [2.75, 3.05) is 0 Å². The molecule has 1 amide bonds. The van der Waals surface area contributed by atoms with Crippen LogP contribution in [0, 0.1) is 0 Å². The molecule has 0 spiro atoms. The van der Waals surface area contributed by atoms with Crippen molar-refractivity contribution in [3.63, 3.8) is 0 Å². The fourth-order valence-electron chi connectivity index (χ4n) is 1.60. The van der Waals surface area contributed by atoms with Crippen LogP contribution in [0.4, 0.5) is 4.79 Å². The molecule has 2 aliphatic heterocycles. The molecule has 0 saturated carbocycles. The molecule has 2 aliphatic rings. The fraction of sp³-hybridized carbons (Fsp3) is 0.600. The van der Waals surface area contributed by atoms with Crippen molar-refractivity contribution < 1.29 is 19.1 Å². The van der Waals surface area contributed by atoms with Crippen LogP contribution in [0.5, 0.6) is 0 Å². The summed E-state index contributed by atoms with van der Waals surface area (Å²) in [7, 11) is 0. The van der Waals surface area contributed by atoms with Crippen LogP contribution in [-0.4, -0.2) is 36.9 Å². The van der Waals surface area contributed by atoms with Crippen molar-refractivity contribution in [1.82, 2.24) is 4.90 Å². The predicted octanol–water partition coefficient (Wildman–Crippen LogP) is 3.61. The Balaban J connectivity index is 1.95. The van der Waals surface area contributed by atoms with Gasteiger partial charge in [0.25, 0.3) is 0 Å². The summed E-state index contributed by atoms with van der Waals surface area (Å²) in [6.07, 6.45) is 0.874. The van der Waals surface area contributed by atoms with Gasteiger partial charge in [0.05, 0.1) is 17.0 Å². The van der Waals surface area contributed by atoms with E-state index in [4.69, 9.17) is 51.1 Å². The van der Waals surface area contributed by atoms with E-state index in [1.807, 2.05) is 6.92 Å². The van der Waals surface area contributed by atoms with E-state index in [1.54, 1.807) is 0 Å². The van der Waals surface area contributed by atoms with Crippen LogP contribution in [0.15, 0.2) is 12.0 Å². The summed E-state index contributed by atoms with van der Waals surface area (Å²) >= 11 is 23.5. The molecule has 0 aliphatic carbocycles. The lowest BCUT2D eigenvalue weighted by Crippen LogP contribution is -2.50. The molecule has 5 nitrogen and oxygen atoms in total. The van der Waals surface area contributed by atoms with Gasteiger partial charge in [-0.2, -0.15) is 0 Å². The van der Waals surface area contributed by atoms with E-state index in [0.717, 1.165) is 0 Å². The Morgan fingerprint density at radius 1 is 1.55 bits per heavy atom. The average Bonchev–Trinajstić information content (AvgIpc) is 2.31. The lowest BCUT2D eigenvalue weighted by atomic mass is 10.2. The number of hydrogen-bond acceptors (Lipinski definition) is 5. The van der Waals surface area contributed by atoms with E-state index in [9.17, 15) is 9.59 Å². The highest BCUT2D eigenvalue weighted by Crippen LogP contribution is 2.40. The number of nitrogens with zero attached hydrogens (tertiary/aromatic N) is 1. The highest BCUT2D eigenvalue weighted by molar-refractivity contribution is 8.00. The maximum absolute atomic E-state index is 11.5. The molecular formula is C10H9Cl4NO4S. The number of fused-ring (bicyclic) bond motifs is 1. The third kappa shape index (κ3) is 3.60. The minimum Gasteiger partial charge on any atom is -0.410 e. The first-order valence-corrected chi connectivity index (χ1v) is 7.97. The fourth-order valence-corrected chi connectivity index (χ4v) is 3.06. The van der Waals surface area contributed by atoms with Gasteiger partial charge in [-0.1, -0.05) is 46.4 Å². The third-order valence-electron chi connectivity index (χ3n) is 2.63. The Hall–Kier alpha value is -0.0100. The SMILES string of the molecule is CC1S[C@@H]2CC(=O)N2C=C1OC(=O)OC(Cl)C(Cl)(Cl)Cl. The molecule has 10 heteroatoms. The number of amides is 1. The second-order valence-electron chi connectivity index (χ2n) is 4.10. The molecule has 0 aromatic carbocycles. The molecule has 0 bridgehead atoms. The van der Waals surface area contributed by atoms with Crippen LogP contribution in [0.3, 0.4) is 0 Å². The van der Waals surface area contributed by atoms with Crippen molar-refractivity contribution in [1.29, 1.82) is 0 Å². The maximum Gasteiger partial charge on any atom is 0.515 e. The first-order chi connectivity index (χ1) is 9.18. The standard InChI is InChI=1S/C10H9Cl4NO4S/c1-4-5(3-15-6(16)2-7(15)20-4)18-9(17)19-8(11)10(12,13)14/h3-4,7-8H,2H2,1H3/t4?,7-,8?/m1/s1. The minimum atomic E-state index is -1.96. The van der Waals surface area contributed by atoms with Crippen molar-refractivity contribution >= 4 is 70.2 Å². The normalized spacial score (nSPS) is 27.1. The van der Waals surface area contributed by atoms with E-state index in [0.29, 0.717) is 6.42 Å². The molecule has 3 atom stereocenters. The summed E-state index contributed by atoms with van der Waals surface area (Å²) < 4.78 is 7.67. The molecule has 0 aromatic rings. The second kappa shape index (κ2) is 6.01. The Morgan fingerprint density at radius 3 is 2.75 bits per heavy atom. The molecule has 112 valence electrons. The lowest BCUT2D eigenvalue weighted by molar-refractivity contribution is -0.137. The van der Waals surface area contributed by atoms with Gasteiger partial charge in [-0.3, -0.25) is 4.79 Å². The van der Waals surface area contributed by atoms with Crippen LogP contribution < -0.4 is 0 Å². The van der Waals surface area contributed by atoms with Gasteiger partial charge >= 0.3 is 6.16 Å². The van der Waals surface area contributed by atoms with Crippen molar-refractivity contribution in [2.45, 2.75) is 33.3 Å². The quantitative estimate of drug-likeness (QED) is 0.416. The Morgan fingerprint density at radius 2 is 2.20 bits per heavy atom.